The Bertz CT molecular complexity index is 525. The van der Waals surface area contributed by atoms with E-state index >= 15 is 0 Å². The zero-order chi connectivity index (χ0) is 17.7. The van der Waals surface area contributed by atoms with Crippen molar-refractivity contribution in [2.24, 2.45) is 11.7 Å². The van der Waals surface area contributed by atoms with E-state index in [1.165, 1.54) is 0 Å². The van der Waals surface area contributed by atoms with Crippen molar-refractivity contribution in [1.82, 2.24) is 0 Å². The van der Waals surface area contributed by atoms with Crippen LogP contribution in [0.25, 0.3) is 0 Å². The summed E-state index contributed by atoms with van der Waals surface area (Å²) in [7, 11) is -9.96. The molecule has 0 radical (unpaired) electrons. The summed E-state index contributed by atoms with van der Waals surface area (Å²) in [4.78, 5) is 36.8. The highest BCUT2D eigenvalue weighted by Crippen LogP contribution is 2.76. The highest BCUT2D eigenvalue weighted by Gasteiger charge is 2.70. The number of hydrogen-bond acceptors (Lipinski definition) is 3. The molecule has 0 bridgehead atoms. The minimum Gasteiger partial charge on any atom is -0.327 e. The van der Waals surface area contributed by atoms with Crippen LogP contribution in [0.15, 0.2) is 0 Å². The number of fused-ring (bicyclic) bond motifs is 1. The van der Waals surface area contributed by atoms with Gasteiger partial charge in [-0.2, -0.15) is 0 Å². The molecule has 2 rings (SSSR count). The quantitative estimate of drug-likeness (QED) is 0.355. The maximum Gasteiger partial charge on any atom is 0.344 e. The highest BCUT2D eigenvalue weighted by molar-refractivity contribution is 7.72. The first-order chi connectivity index (χ1) is 10.4. The van der Waals surface area contributed by atoms with E-state index in [2.05, 4.69) is 0 Å². The molecule has 2 aliphatic rings. The van der Waals surface area contributed by atoms with Gasteiger partial charge in [-0.3, -0.25) is 9.13 Å². The SMILES string of the molecule is CCC[N+]1(CC)CCC(N)C2CC(P(=O)(O)O)(P(=O)(O)O)CC21. The molecule has 8 nitrogen and oxygen atoms in total. The molecular formula is C13H29N2O6P2+. The van der Waals surface area contributed by atoms with Crippen LogP contribution in [0.5, 0.6) is 0 Å². The summed E-state index contributed by atoms with van der Waals surface area (Å²) in [5, 5.41) is 0. The fourth-order valence-corrected chi connectivity index (χ4v) is 7.93. The van der Waals surface area contributed by atoms with Crippen LogP contribution in [0, 0.1) is 5.92 Å². The summed E-state index contributed by atoms with van der Waals surface area (Å²) in [5.74, 6) is -0.268. The first kappa shape index (κ1) is 19.5. The smallest absolute Gasteiger partial charge is 0.327 e. The number of piperidine rings is 1. The largest absolute Gasteiger partial charge is 0.344 e. The van der Waals surface area contributed by atoms with E-state index in [0.717, 1.165) is 26.1 Å². The van der Waals surface area contributed by atoms with Crippen LogP contribution in [0.1, 0.15) is 39.5 Å². The van der Waals surface area contributed by atoms with Crippen LogP contribution >= 0.6 is 15.2 Å². The van der Waals surface area contributed by atoms with Crippen molar-refractivity contribution in [2.45, 2.75) is 56.5 Å². The standard InChI is InChI=1S/C13H28N2O6P2/c1-3-6-15(4-2)7-5-11(14)10-8-13(9-12(10)15,22(16,17)18)23(19,20)21/h10-12H,3-9,14H2,1-2H3,(H3-,16,17,18,19,20,21)/p+1. The molecule has 1 aliphatic heterocycles. The van der Waals surface area contributed by atoms with Gasteiger partial charge in [0.15, 0.2) is 4.90 Å². The topological polar surface area (TPSA) is 141 Å². The third-order valence-corrected chi connectivity index (χ3v) is 10.6. The number of likely N-dealkylation sites (tertiary alicyclic amines) is 1. The second-order valence-corrected chi connectivity index (χ2v) is 11.4. The molecule has 1 saturated heterocycles. The molecule has 136 valence electrons. The molecular weight excluding hydrogens is 342 g/mol. The fraction of sp³-hybridized carbons (Fsp3) is 1.00. The summed E-state index contributed by atoms with van der Waals surface area (Å²) in [6, 6.07) is -0.474. The number of nitrogens with zero attached hydrogens (tertiary/aromatic N) is 1. The van der Waals surface area contributed by atoms with Gasteiger partial charge in [0, 0.05) is 24.8 Å². The minimum absolute atomic E-state index is 0.159. The Kier molecular flexibility index (Phi) is 5.26. The Hall–Kier alpha value is 0.220. The highest BCUT2D eigenvalue weighted by atomic mass is 31.2. The van der Waals surface area contributed by atoms with Crippen molar-refractivity contribution in [2.75, 3.05) is 19.6 Å². The summed E-state index contributed by atoms with van der Waals surface area (Å²) < 4.78 is 24.8. The lowest BCUT2D eigenvalue weighted by atomic mass is 9.85. The molecule has 10 heteroatoms. The summed E-state index contributed by atoms with van der Waals surface area (Å²) in [5.41, 5.74) is 6.18. The van der Waals surface area contributed by atoms with Gasteiger partial charge in [-0.25, -0.2) is 0 Å². The van der Waals surface area contributed by atoms with Crippen LogP contribution in [0.2, 0.25) is 0 Å². The number of nitrogens with two attached hydrogens (primary N) is 1. The van der Waals surface area contributed by atoms with Gasteiger partial charge in [-0.1, -0.05) is 6.92 Å². The molecule has 0 aromatic carbocycles. The van der Waals surface area contributed by atoms with Crippen molar-refractivity contribution < 1.29 is 33.2 Å². The fourth-order valence-electron chi connectivity index (χ4n) is 4.82. The lowest BCUT2D eigenvalue weighted by molar-refractivity contribution is -0.957. The monoisotopic (exact) mass is 371 g/mol. The van der Waals surface area contributed by atoms with Crippen LogP contribution in [-0.2, 0) is 9.13 Å². The molecule has 23 heavy (non-hydrogen) atoms. The van der Waals surface area contributed by atoms with E-state index in [1.807, 2.05) is 13.8 Å². The lowest BCUT2D eigenvalue weighted by Gasteiger charge is -2.50. The van der Waals surface area contributed by atoms with Crippen LogP contribution < -0.4 is 5.73 Å². The van der Waals surface area contributed by atoms with E-state index < -0.39 is 20.1 Å². The van der Waals surface area contributed by atoms with Gasteiger partial charge in [0.2, 0.25) is 0 Å². The van der Waals surface area contributed by atoms with Gasteiger partial charge in [0.25, 0.3) is 0 Å². The number of hydrogen-bond donors (Lipinski definition) is 5. The molecule has 0 amide bonds. The maximum absolute atomic E-state index is 12.1. The Labute approximate surface area is 137 Å². The van der Waals surface area contributed by atoms with Gasteiger partial charge >= 0.3 is 15.2 Å². The maximum atomic E-state index is 12.1. The Morgan fingerprint density at radius 3 is 2.13 bits per heavy atom. The van der Waals surface area contributed by atoms with Crippen LogP contribution in [-0.4, -0.2) is 60.7 Å². The normalized spacial score (nSPS) is 37.6. The summed E-state index contributed by atoms with van der Waals surface area (Å²) in [6.45, 7) is 6.49. The van der Waals surface area contributed by atoms with E-state index in [-0.39, 0.29) is 30.8 Å². The molecule has 4 atom stereocenters. The molecule has 0 spiro atoms. The zero-order valence-corrected chi connectivity index (χ0v) is 15.5. The minimum atomic E-state index is -4.98. The van der Waals surface area contributed by atoms with E-state index in [1.54, 1.807) is 0 Å². The summed E-state index contributed by atoms with van der Waals surface area (Å²) >= 11 is 0. The first-order valence-corrected chi connectivity index (χ1v) is 11.4. The zero-order valence-electron chi connectivity index (χ0n) is 13.7. The summed E-state index contributed by atoms with van der Waals surface area (Å²) in [6.07, 6.45) is 1.27. The molecule has 2 fully saturated rings. The van der Waals surface area contributed by atoms with E-state index in [4.69, 9.17) is 5.73 Å². The van der Waals surface area contributed by atoms with E-state index in [9.17, 15) is 28.7 Å². The van der Waals surface area contributed by atoms with Gasteiger partial charge < -0.3 is 29.8 Å². The molecule has 1 aliphatic carbocycles. The predicted octanol–water partition coefficient (Wildman–Crippen LogP) is 0.794. The van der Waals surface area contributed by atoms with Crippen LogP contribution in [0.4, 0.5) is 0 Å². The lowest BCUT2D eigenvalue weighted by Crippen LogP contribution is -2.64. The molecule has 0 aromatic heterocycles. The molecule has 1 saturated carbocycles. The van der Waals surface area contributed by atoms with Gasteiger partial charge in [0.05, 0.1) is 25.7 Å². The Morgan fingerprint density at radius 1 is 1.13 bits per heavy atom. The van der Waals surface area contributed by atoms with Gasteiger partial charge in [-0.15, -0.1) is 0 Å². The first-order valence-electron chi connectivity index (χ1n) is 8.17. The van der Waals surface area contributed by atoms with E-state index in [0.29, 0.717) is 10.9 Å². The Morgan fingerprint density at radius 2 is 1.70 bits per heavy atom. The average molecular weight is 371 g/mol. The Balaban J connectivity index is 2.53. The second-order valence-electron chi connectivity index (χ2n) is 7.14. The molecule has 4 unspecified atom stereocenters. The second kappa shape index (κ2) is 6.19. The third-order valence-electron chi connectivity index (χ3n) is 6.14. The molecule has 1 heterocycles. The van der Waals surface area contributed by atoms with Gasteiger partial charge in [-0.05, 0) is 19.8 Å². The molecule has 0 aromatic rings. The predicted molar refractivity (Wildman–Crippen MR) is 86.8 cm³/mol. The third kappa shape index (κ3) is 2.98. The van der Waals surface area contributed by atoms with Crippen LogP contribution in [0.3, 0.4) is 0 Å². The average Bonchev–Trinajstić information content (AvgIpc) is 2.85. The van der Waals surface area contributed by atoms with Gasteiger partial charge in [0.1, 0.15) is 0 Å². The number of rotatable bonds is 5. The van der Waals surface area contributed by atoms with Crippen molar-refractivity contribution in [3.8, 4) is 0 Å². The van der Waals surface area contributed by atoms with Crippen molar-refractivity contribution in [3.63, 3.8) is 0 Å². The molecule has 6 N–H and O–H groups in total. The van der Waals surface area contributed by atoms with Crippen molar-refractivity contribution >= 4 is 15.2 Å². The van der Waals surface area contributed by atoms with Crippen molar-refractivity contribution in [1.29, 1.82) is 0 Å². The van der Waals surface area contributed by atoms with Crippen molar-refractivity contribution in [3.05, 3.63) is 0 Å². The number of quaternary nitrogens is 1.